The molecule has 2 rings (SSSR count). The van der Waals surface area contributed by atoms with Gasteiger partial charge in [0.25, 0.3) is 0 Å². The fraction of sp³-hybridized carbons (Fsp3) is 0.571. The first-order chi connectivity index (χ1) is 8.86. The first-order valence-electron chi connectivity index (χ1n) is 6.57. The molecule has 0 aromatic carbocycles. The van der Waals surface area contributed by atoms with Gasteiger partial charge in [0.05, 0.1) is 23.5 Å². The molecule has 5 heteroatoms. The summed E-state index contributed by atoms with van der Waals surface area (Å²) in [6, 6.07) is 4.14. The van der Waals surface area contributed by atoms with E-state index >= 15 is 0 Å². The van der Waals surface area contributed by atoms with Crippen LogP contribution >= 0.6 is 0 Å². The van der Waals surface area contributed by atoms with E-state index in [1.807, 2.05) is 29.9 Å². The number of furan rings is 1. The van der Waals surface area contributed by atoms with Gasteiger partial charge in [-0.3, -0.25) is 0 Å². The van der Waals surface area contributed by atoms with Gasteiger partial charge in [-0.05, 0) is 46.8 Å². The van der Waals surface area contributed by atoms with Gasteiger partial charge in [-0.15, -0.1) is 5.10 Å². The normalized spacial score (nSPS) is 13.7. The summed E-state index contributed by atoms with van der Waals surface area (Å²) in [5, 5.41) is 11.7. The summed E-state index contributed by atoms with van der Waals surface area (Å²) in [4.78, 5) is 0. The molecule has 2 aromatic heterocycles. The van der Waals surface area contributed by atoms with Gasteiger partial charge in [0.2, 0.25) is 0 Å². The Morgan fingerprint density at radius 3 is 2.63 bits per heavy atom. The summed E-state index contributed by atoms with van der Waals surface area (Å²) in [7, 11) is 0. The monoisotopic (exact) mass is 262 g/mol. The molecule has 0 saturated carbocycles. The Morgan fingerprint density at radius 1 is 1.37 bits per heavy atom. The minimum Gasteiger partial charge on any atom is -0.465 e. The van der Waals surface area contributed by atoms with Crippen LogP contribution in [0.2, 0.25) is 0 Å². The molecular weight excluding hydrogens is 240 g/mol. The van der Waals surface area contributed by atoms with E-state index in [1.54, 1.807) is 0 Å². The molecule has 0 saturated heterocycles. The van der Waals surface area contributed by atoms with Crippen LogP contribution in [-0.4, -0.2) is 15.0 Å². The molecule has 1 unspecified atom stereocenters. The highest BCUT2D eigenvalue weighted by Crippen LogP contribution is 2.16. The SMILES string of the molecule is Cc1ccc(C(C)NCc2cn(C(C)(C)C)nn2)o1. The standard InChI is InChI=1S/C14H22N4O/c1-10-6-7-13(19-10)11(2)15-8-12-9-18(17-16-12)14(3,4)5/h6-7,9,11,15H,8H2,1-5H3. The first-order valence-corrected chi connectivity index (χ1v) is 6.57. The van der Waals surface area contributed by atoms with Crippen molar-refractivity contribution in [1.82, 2.24) is 20.3 Å². The van der Waals surface area contributed by atoms with Crippen molar-refractivity contribution in [3.05, 3.63) is 35.5 Å². The van der Waals surface area contributed by atoms with E-state index in [0.717, 1.165) is 17.2 Å². The molecule has 2 heterocycles. The smallest absolute Gasteiger partial charge is 0.120 e. The van der Waals surface area contributed by atoms with Crippen LogP contribution in [0.25, 0.3) is 0 Å². The molecule has 0 aliphatic rings. The van der Waals surface area contributed by atoms with Crippen LogP contribution in [0.5, 0.6) is 0 Å². The number of aromatic nitrogens is 3. The predicted molar refractivity (Wildman–Crippen MR) is 73.7 cm³/mol. The Bertz CT molecular complexity index is 536. The number of nitrogens with one attached hydrogen (secondary N) is 1. The number of hydrogen-bond donors (Lipinski definition) is 1. The van der Waals surface area contributed by atoms with Crippen molar-refractivity contribution in [2.24, 2.45) is 0 Å². The van der Waals surface area contributed by atoms with E-state index in [4.69, 9.17) is 4.42 Å². The summed E-state index contributed by atoms with van der Waals surface area (Å²) in [5.41, 5.74) is 0.902. The third kappa shape index (κ3) is 3.44. The lowest BCUT2D eigenvalue weighted by Gasteiger charge is -2.17. The zero-order valence-electron chi connectivity index (χ0n) is 12.3. The zero-order chi connectivity index (χ0) is 14.0. The molecule has 2 aromatic rings. The van der Waals surface area contributed by atoms with Crippen molar-refractivity contribution in [2.75, 3.05) is 0 Å². The highest BCUT2D eigenvalue weighted by molar-refractivity contribution is 5.09. The Morgan fingerprint density at radius 2 is 2.11 bits per heavy atom. The lowest BCUT2D eigenvalue weighted by molar-refractivity contribution is 0.346. The molecule has 5 nitrogen and oxygen atoms in total. The number of nitrogens with zero attached hydrogens (tertiary/aromatic N) is 3. The maximum atomic E-state index is 5.59. The van der Waals surface area contributed by atoms with Crippen LogP contribution in [0, 0.1) is 6.92 Å². The minimum atomic E-state index is -0.0327. The highest BCUT2D eigenvalue weighted by Gasteiger charge is 2.15. The van der Waals surface area contributed by atoms with E-state index in [1.165, 1.54) is 0 Å². The van der Waals surface area contributed by atoms with Gasteiger partial charge in [0, 0.05) is 6.54 Å². The van der Waals surface area contributed by atoms with Crippen molar-refractivity contribution in [1.29, 1.82) is 0 Å². The second-order valence-corrected chi connectivity index (χ2v) is 5.88. The molecule has 0 amide bonds. The minimum absolute atomic E-state index is 0.0327. The molecule has 0 spiro atoms. The third-order valence-corrected chi connectivity index (χ3v) is 3.01. The largest absolute Gasteiger partial charge is 0.465 e. The van der Waals surface area contributed by atoms with Gasteiger partial charge in [-0.2, -0.15) is 0 Å². The molecule has 0 bridgehead atoms. The van der Waals surface area contributed by atoms with Crippen molar-refractivity contribution in [2.45, 2.75) is 52.7 Å². The van der Waals surface area contributed by atoms with Crippen LogP contribution < -0.4 is 5.32 Å². The topological polar surface area (TPSA) is 55.9 Å². The second-order valence-electron chi connectivity index (χ2n) is 5.88. The summed E-state index contributed by atoms with van der Waals surface area (Å²) >= 11 is 0. The Kier molecular flexibility index (Phi) is 3.75. The van der Waals surface area contributed by atoms with Crippen molar-refractivity contribution in [3.63, 3.8) is 0 Å². The van der Waals surface area contributed by atoms with Crippen molar-refractivity contribution >= 4 is 0 Å². The van der Waals surface area contributed by atoms with Gasteiger partial charge < -0.3 is 9.73 Å². The molecule has 0 fully saturated rings. The van der Waals surface area contributed by atoms with E-state index < -0.39 is 0 Å². The zero-order valence-corrected chi connectivity index (χ0v) is 12.3. The summed E-state index contributed by atoms with van der Waals surface area (Å²) in [6.07, 6.45) is 1.98. The molecule has 0 aliphatic heterocycles. The third-order valence-electron chi connectivity index (χ3n) is 3.01. The maximum Gasteiger partial charge on any atom is 0.120 e. The van der Waals surface area contributed by atoms with E-state index in [-0.39, 0.29) is 11.6 Å². The van der Waals surface area contributed by atoms with Gasteiger partial charge in [0.15, 0.2) is 0 Å². The number of hydrogen-bond acceptors (Lipinski definition) is 4. The van der Waals surface area contributed by atoms with Gasteiger partial charge >= 0.3 is 0 Å². The van der Waals surface area contributed by atoms with Gasteiger partial charge in [-0.25, -0.2) is 4.68 Å². The van der Waals surface area contributed by atoms with E-state index in [0.29, 0.717) is 6.54 Å². The number of rotatable bonds is 4. The van der Waals surface area contributed by atoms with Gasteiger partial charge in [-0.1, -0.05) is 5.21 Å². The Hall–Kier alpha value is -1.62. The van der Waals surface area contributed by atoms with Crippen LogP contribution in [0.15, 0.2) is 22.7 Å². The molecular formula is C14H22N4O. The summed E-state index contributed by atoms with van der Waals surface area (Å²) < 4.78 is 7.47. The average molecular weight is 262 g/mol. The summed E-state index contributed by atoms with van der Waals surface area (Å²) in [6.45, 7) is 11.0. The van der Waals surface area contributed by atoms with Crippen molar-refractivity contribution in [3.8, 4) is 0 Å². The fourth-order valence-electron chi connectivity index (χ4n) is 1.75. The van der Waals surface area contributed by atoms with Gasteiger partial charge in [0.1, 0.15) is 11.5 Å². The van der Waals surface area contributed by atoms with E-state index in [9.17, 15) is 0 Å². The van der Waals surface area contributed by atoms with Crippen LogP contribution in [0.3, 0.4) is 0 Å². The molecule has 1 N–H and O–H groups in total. The Labute approximate surface area is 114 Å². The fourth-order valence-corrected chi connectivity index (χ4v) is 1.75. The quantitative estimate of drug-likeness (QED) is 0.920. The molecule has 19 heavy (non-hydrogen) atoms. The average Bonchev–Trinajstić information content (AvgIpc) is 2.93. The van der Waals surface area contributed by atoms with Crippen LogP contribution in [-0.2, 0) is 12.1 Å². The Balaban J connectivity index is 1.94. The maximum absolute atomic E-state index is 5.59. The van der Waals surface area contributed by atoms with Crippen LogP contribution in [0.1, 0.15) is 51.0 Å². The van der Waals surface area contributed by atoms with Crippen LogP contribution in [0.4, 0.5) is 0 Å². The lowest BCUT2D eigenvalue weighted by Crippen LogP contribution is -2.22. The first kappa shape index (κ1) is 13.8. The highest BCUT2D eigenvalue weighted by atomic mass is 16.3. The lowest BCUT2D eigenvalue weighted by atomic mass is 10.1. The summed E-state index contributed by atoms with van der Waals surface area (Å²) in [5.74, 6) is 1.88. The molecule has 1 atom stereocenters. The van der Waals surface area contributed by atoms with E-state index in [2.05, 4.69) is 43.3 Å². The van der Waals surface area contributed by atoms with Crippen molar-refractivity contribution < 1.29 is 4.42 Å². The second kappa shape index (κ2) is 5.17. The molecule has 0 radical (unpaired) electrons. The predicted octanol–water partition coefficient (Wildman–Crippen LogP) is 2.79. The molecule has 104 valence electrons. The number of aryl methyl sites for hydroxylation is 1. The molecule has 0 aliphatic carbocycles.